The number of benzene rings is 2. The van der Waals surface area contributed by atoms with Crippen molar-refractivity contribution in [2.75, 3.05) is 25.0 Å². The molecule has 4 rings (SSSR count). The fourth-order valence-electron chi connectivity index (χ4n) is 3.79. The highest BCUT2D eigenvalue weighted by Gasteiger charge is 2.27. The Morgan fingerprint density at radius 2 is 1.97 bits per heavy atom. The number of piperidine rings is 1. The number of likely N-dealkylation sites (tertiary alicyclic amines) is 1. The first-order chi connectivity index (χ1) is 16.4. The van der Waals surface area contributed by atoms with E-state index < -0.39 is 5.82 Å². The first-order valence-electron chi connectivity index (χ1n) is 10.8. The summed E-state index contributed by atoms with van der Waals surface area (Å²) in [5.41, 5.74) is 2.07. The molecular weight excluding hydrogens is 477 g/mol. The van der Waals surface area contributed by atoms with Crippen molar-refractivity contribution in [3.05, 3.63) is 82.0 Å². The zero-order valence-electron chi connectivity index (χ0n) is 18.3. The van der Waals surface area contributed by atoms with Gasteiger partial charge >= 0.3 is 6.09 Å². The molecular formula is C25H23ClFN3O3S. The highest BCUT2D eigenvalue weighted by Crippen LogP contribution is 2.32. The minimum absolute atomic E-state index is 0.172. The van der Waals surface area contributed by atoms with Gasteiger partial charge in [0.1, 0.15) is 18.1 Å². The number of halogens is 2. The predicted octanol–water partition coefficient (Wildman–Crippen LogP) is 6.36. The van der Waals surface area contributed by atoms with E-state index in [9.17, 15) is 14.0 Å². The lowest BCUT2D eigenvalue weighted by molar-refractivity contribution is 0.102. The number of hydrogen-bond acceptors (Lipinski definition) is 5. The molecule has 1 aliphatic rings. The number of carbonyl (C=O) groups is 2. The fourth-order valence-corrected chi connectivity index (χ4v) is 4.89. The Balaban J connectivity index is 1.42. The van der Waals surface area contributed by atoms with E-state index in [1.165, 1.54) is 35.6 Å². The molecule has 0 bridgehead atoms. The first-order valence-corrected chi connectivity index (χ1v) is 12.0. The van der Waals surface area contributed by atoms with Crippen LogP contribution in [-0.2, 0) is 4.74 Å². The molecule has 0 aliphatic carbocycles. The van der Waals surface area contributed by atoms with Gasteiger partial charge in [-0.3, -0.25) is 4.79 Å². The smallest absolute Gasteiger partial charge is 0.410 e. The van der Waals surface area contributed by atoms with Crippen LogP contribution < -0.4 is 5.32 Å². The number of anilines is 1. The van der Waals surface area contributed by atoms with Gasteiger partial charge in [-0.05, 0) is 48.7 Å². The van der Waals surface area contributed by atoms with Crippen molar-refractivity contribution < 1.29 is 18.7 Å². The number of nitrogens with one attached hydrogen (secondary N) is 1. The zero-order valence-corrected chi connectivity index (χ0v) is 19.9. The van der Waals surface area contributed by atoms with Crippen LogP contribution in [0.5, 0.6) is 0 Å². The quantitative estimate of drug-likeness (QED) is 0.401. The third kappa shape index (κ3) is 5.63. The van der Waals surface area contributed by atoms with Gasteiger partial charge in [0.2, 0.25) is 0 Å². The van der Waals surface area contributed by atoms with Crippen LogP contribution in [0.25, 0.3) is 11.1 Å². The number of ether oxygens (including phenoxy) is 1. The van der Waals surface area contributed by atoms with E-state index in [0.29, 0.717) is 35.1 Å². The molecule has 176 valence electrons. The van der Waals surface area contributed by atoms with Crippen LogP contribution in [0.3, 0.4) is 0 Å². The Hall–Kier alpha value is -3.23. The number of thiazole rings is 1. The minimum Gasteiger partial charge on any atom is -0.445 e. The van der Waals surface area contributed by atoms with Crippen molar-refractivity contribution in [1.82, 2.24) is 9.88 Å². The van der Waals surface area contributed by atoms with Gasteiger partial charge in [0.05, 0.1) is 5.01 Å². The van der Waals surface area contributed by atoms with E-state index in [1.807, 2.05) is 0 Å². The molecule has 0 saturated carbocycles. The SMILES string of the molecule is C=CCOC(=O)N1CCC(c2nc(C(=O)Nc3ccc(F)cc3-c3ccc(Cl)cc3)cs2)CC1. The molecule has 0 unspecified atom stereocenters. The molecule has 0 atom stereocenters. The average Bonchev–Trinajstić information content (AvgIpc) is 3.35. The van der Waals surface area contributed by atoms with E-state index in [0.717, 1.165) is 23.4 Å². The summed E-state index contributed by atoms with van der Waals surface area (Å²) in [5, 5.41) is 6.01. The highest BCUT2D eigenvalue weighted by molar-refractivity contribution is 7.10. The Morgan fingerprint density at radius 1 is 1.24 bits per heavy atom. The second-order valence-electron chi connectivity index (χ2n) is 7.85. The molecule has 1 fully saturated rings. The van der Waals surface area contributed by atoms with Crippen molar-refractivity contribution in [1.29, 1.82) is 0 Å². The maximum absolute atomic E-state index is 13.9. The van der Waals surface area contributed by atoms with Crippen molar-refractivity contribution in [3.63, 3.8) is 0 Å². The Morgan fingerprint density at radius 3 is 2.68 bits per heavy atom. The number of rotatable bonds is 6. The third-order valence-corrected chi connectivity index (χ3v) is 6.83. The van der Waals surface area contributed by atoms with Crippen LogP contribution in [0.4, 0.5) is 14.9 Å². The predicted molar refractivity (Wildman–Crippen MR) is 132 cm³/mol. The molecule has 2 heterocycles. The topological polar surface area (TPSA) is 71.5 Å². The molecule has 2 amide bonds. The second-order valence-corrected chi connectivity index (χ2v) is 9.17. The summed E-state index contributed by atoms with van der Waals surface area (Å²) in [4.78, 5) is 31.1. The van der Waals surface area contributed by atoms with Crippen LogP contribution >= 0.6 is 22.9 Å². The molecule has 0 spiro atoms. The van der Waals surface area contributed by atoms with Crippen LogP contribution in [0.1, 0.15) is 34.3 Å². The van der Waals surface area contributed by atoms with Crippen molar-refractivity contribution in [3.8, 4) is 11.1 Å². The van der Waals surface area contributed by atoms with Gasteiger partial charge in [-0.1, -0.05) is 36.4 Å². The minimum atomic E-state index is -0.404. The van der Waals surface area contributed by atoms with Gasteiger partial charge in [-0.25, -0.2) is 14.2 Å². The molecule has 2 aromatic carbocycles. The summed E-state index contributed by atoms with van der Waals surface area (Å²) in [6.45, 7) is 4.88. The number of amides is 2. The summed E-state index contributed by atoms with van der Waals surface area (Å²) in [5.74, 6) is -0.598. The lowest BCUT2D eigenvalue weighted by Crippen LogP contribution is -2.38. The van der Waals surface area contributed by atoms with Crippen LogP contribution in [0.2, 0.25) is 5.02 Å². The van der Waals surface area contributed by atoms with Crippen LogP contribution in [0.15, 0.2) is 60.5 Å². The molecule has 1 saturated heterocycles. The molecule has 0 radical (unpaired) electrons. The summed E-state index contributed by atoms with van der Waals surface area (Å²) in [6.07, 6.45) is 2.69. The third-order valence-electron chi connectivity index (χ3n) is 5.57. The van der Waals surface area contributed by atoms with Gasteiger partial charge in [0.15, 0.2) is 0 Å². The monoisotopic (exact) mass is 499 g/mol. The molecule has 3 aromatic rings. The number of carbonyl (C=O) groups excluding carboxylic acids is 2. The van der Waals surface area contributed by atoms with Crippen molar-refractivity contribution >= 4 is 40.6 Å². The summed E-state index contributed by atoms with van der Waals surface area (Å²) in [7, 11) is 0. The maximum atomic E-state index is 13.9. The molecule has 1 aliphatic heterocycles. The van der Waals surface area contributed by atoms with Gasteiger partial charge < -0.3 is 15.0 Å². The van der Waals surface area contributed by atoms with Crippen molar-refractivity contribution in [2.24, 2.45) is 0 Å². The maximum Gasteiger partial charge on any atom is 0.410 e. The fraction of sp³-hybridized carbons (Fsp3) is 0.240. The van der Waals surface area contributed by atoms with Gasteiger partial charge in [0, 0.05) is 40.7 Å². The largest absolute Gasteiger partial charge is 0.445 e. The zero-order chi connectivity index (χ0) is 24.1. The number of aromatic nitrogens is 1. The van der Waals surface area contributed by atoms with Gasteiger partial charge in [-0.2, -0.15) is 0 Å². The first kappa shape index (κ1) is 23.9. The summed E-state index contributed by atoms with van der Waals surface area (Å²) in [6, 6.07) is 11.2. The Labute approximate surface area is 206 Å². The number of hydrogen-bond donors (Lipinski definition) is 1. The molecule has 1 aromatic heterocycles. The second kappa shape index (κ2) is 10.8. The van der Waals surface area contributed by atoms with E-state index in [-0.39, 0.29) is 24.5 Å². The Bertz CT molecular complexity index is 1190. The van der Waals surface area contributed by atoms with E-state index >= 15 is 0 Å². The molecule has 9 heteroatoms. The average molecular weight is 500 g/mol. The van der Waals surface area contributed by atoms with E-state index in [1.54, 1.807) is 34.5 Å². The number of nitrogens with zero attached hydrogens (tertiary/aromatic N) is 2. The Kier molecular flexibility index (Phi) is 7.59. The highest BCUT2D eigenvalue weighted by atomic mass is 35.5. The molecule has 34 heavy (non-hydrogen) atoms. The van der Waals surface area contributed by atoms with Crippen molar-refractivity contribution in [2.45, 2.75) is 18.8 Å². The summed E-state index contributed by atoms with van der Waals surface area (Å²) < 4.78 is 19.0. The van der Waals surface area contributed by atoms with E-state index in [4.69, 9.17) is 16.3 Å². The molecule has 6 nitrogen and oxygen atoms in total. The van der Waals surface area contributed by atoms with E-state index in [2.05, 4.69) is 16.9 Å². The summed E-state index contributed by atoms with van der Waals surface area (Å²) >= 11 is 7.39. The standard InChI is InChI=1S/C25H23ClFN3O3S/c1-2-13-33-25(32)30-11-9-17(10-12-30)24-29-22(15-34-24)23(31)28-21-8-7-19(27)14-20(21)16-3-5-18(26)6-4-16/h2-8,14-15,17H,1,9-13H2,(H,28,31). The lowest BCUT2D eigenvalue weighted by Gasteiger charge is -2.30. The molecule has 1 N–H and O–H groups in total. The lowest BCUT2D eigenvalue weighted by atomic mass is 9.98. The van der Waals surface area contributed by atoms with Gasteiger partial charge in [-0.15, -0.1) is 11.3 Å². The van der Waals surface area contributed by atoms with Crippen LogP contribution in [0, 0.1) is 5.82 Å². The van der Waals surface area contributed by atoms with Crippen LogP contribution in [-0.4, -0.2) is 41.6 Å². The normalized spacial score (nSPS) is 14.0. The van der Waals surface area contributed by atoms with Gasteiger partial charge in [0.25, 0.3) is 5.91 Å².